The van der Waals surface area contributed by atoms with E-state index in [-0.39, 0.29) is 0 Å². The van der Waals surface area contributed by atoms with Crippen molar-refractivity contribution in [3.05, 3.63) is 18.0 Å². The van der Waals surface area contributed by atoms with Crippen molar-refractivity contribution in [3.63, 3.8) is 0 Å². The standard InChI is InChI=1S/C11H21N3S/c1-3-8-14-11(5-7-13-14)10-12-6-4-9-15-2/h5,7,12H,3-4,6,8-10H2,1-2H3. The zero-order valence-electron chi connectivity index (χ0n) is 9.70. The highest BCUT2D eigenvalue weighted by atomic mass is 32.2. The minimum absolute atomic E-state index is 0.939. The Labute approximate surface area is 96.6 Å². The van der Waals surface area contributed by atoms with E-state index in [0.29, 0.717) is 0 Å². The molecule has 3 nitrogen and oxygen atoms in total. The van der Waals surface area contributed by atoms with Crippen LogP contribution in [0.2, 0.25) is 0 Å². The van der Waals surface area contributed by atoms with Crippen molar-refractivity contribution in [3.8, 4) is 0 Å². The molecule has 0 fully saturated rings. The fourth-order valence-corrected chi connectivity index (χ4v) is 1.91. The summed E-state index contributed by atoms with van der Waals surface area (Å²) in [6, 6.07) is 2.09. The van der Waals surface area contributed by atoms with Gasteiger partial charge in [-0.15, -0.1) is 0 Å². The van der Waals surface area contributed by atoms with Crippen molar-refractivity contribution in [1.29, 1.82) is 0 Å². The Bertz CT molecular complexity index is 260. The van der Waals surface area contributed by atoms with Gasteiger partial charge in [0.25, 0.3) is 0 Å². The molecular formula is C11H21N3S. The summed E-state index contributed by atoms with van der Waals surface area (Å²) < 4.78 is 2.08. The van der Waals surface area contributed by atoms with Crippen LogP contribution in [0.4, 0.5) is 0 Å². The highest BCUT2D eigenvalue weighted by molar-refractivity contribution is 7.98. The summed E-state index contributed by atoms with van der Waals surface area (Å²) in [5.74, 6) is 1.24. The Morgan fingerprint density at radius 3 is 3.13 bits per heavy atom. The summed E-state index contributed by atoms with van der Waals surface area (Å²) in [6.07, 6.45) is 6.41. The van der Waals surface area contributed by atoms with Gasteiger partial charge in [0.2, 0.25) is 0 Å². The summed E-state index contributed by atoms with van der Waals surface area (Å²) in [5, 5.41) is 7.74. The first kappa shape index (κ1) is 12.6. The number of aryl methyl sites for hydroxylation is 1. The number of hydrogen-bond donors (Lipinski definition) is 1. The SMILES string of the molecule is CCCn1nccc1CNCCCSC. The van der Waals surface area contributed by atoms with Gasteiger partial charge in [-0.1, -0.05) is 6.92 Å². The lowest BCUT2D eigenvalue weighted by Crippen LogP contribution is -2.18. The largest absolute Gasteiger partial charge is 0.311 e. The van der Waals surface area contributed by atoms with Gasteiger partial charge in [0.15, 0.2) is 0 Å². The minimum Gasteiger partial charge on any atom is -0.311 e. The fraction of sp³-hybridized carbons (Fsp3) is 0.727. The Morgan fingerprint density at radius 2 is 2.40 bits per heavy atom. The molecule has 0 aliphatic heterocycles. The lowest BCUT2D eigenvalue weighted by molar-refractivity contribution is 0.549. The van der Waals surface area contributed by atoms with Crippen molar-refractivity contribution in [1.82, 2.24) is 15.1 Å². The quantitative estimate of drug-likeness (QED) is 0.690. The predicted molar refractivity (Wildman–Crippen MR) is 67.2 cm³/mol. The summed E-state index contributed by atoms with van der Waals surface area (Å²) in [5.41, 5.74) is 1.29. The number of nitrogens with one attached hydrogen (secondary N) is 1. The van der Waals surface area contributed by atoms with Gasteiger partial charge in [0.05, 0.1) is 5.69 Å². The molecule has 0 unspecified atom stereocenters. The lowest BCUT2D eigenvalue weighted by atomic mass is 10.4. The number of rotatable bonds is 8. The van der Waals surface area contributed by atoms with Crippen LogP contribution in [-0.2, 0) is 13.1 Å². The van der Waals surface area contributed by atoms with Crippen LogP contribution in [0.25, 0.3) is 0 Å². The molecule has 0 saturated carbocycles. The second-order valence-corrected chi connectivity index (χ2v) is 4.55. The van der Waals surface area contributed by atoms with Crippen molar-refractivity contribution < 1.29 is 0 Å². The van der Waals surface area contributed by atoms with Crippen molar-refractivity contribution in [2.75, 3.05) is 18.6 Å². The van der Waals surface area contributed by atoms with Gasteiger partial charge >= 0.3 is 0 Å². The third-order valence-electron chi connectivity index (χ3n) is 2.25. The molecule has 0 spiro atoms. The molecular weight excluding hydrogens is 206 g/mol. The maximum absolute atomic E-state index is 4.29. The van der Waals surface area contributed by atoms with Gasteiger partial charge in [0, 0.05) is 19.3 Å². The average molecular weight is 227 g/mol. The van der Waals surface area contributed by atoms with Gasteiger partial charge in [-0.05, 0) is 37.5 Å². The van der Waals surface area contributed by atoms with Gasteiger partial charge < -0.3 is 5.32 Å². The van der Waals surface area contributed by atoms with E-state index in [1.165, 1.54) is 17.9 Å². The van der Waals surface area contributed by atoms with E-state index in [2.05, 4.69) is 34.3 Å². The molecule has 0 aromatic carbocycles. The van der Waals surface area contributed by atoms with Crippen LogP contribution in [0.5, 0.6) is 0 Å². The van der Waals surface area contributed by atoms with Gasteiger partial charge in [-0.2, -0.15) is 16.9 Å². The van der Waals surface area contributed by atoms with Crippen LogP contribution in [0.3, 0.4) is 0 Å². The van der Waals surface area contributed by atoms with Crippen molar-refractivity contribution in [2.24, 2.45) is 0 Å². The van der Waals surface area contributed by atoms with Crippen LogP contribution in [0.15, 0.2) is 12.3 Å². The Balaban J connectivity index is 2.21. The maximum atomic E-state index is 4.29. The van der Waals surface area contributed by atoms with Crippen LogP contribution in [-0.4, -0.2) is 28.3 Å². The number of thioether (sulfide) groups is 1. The number of hydrogen-bond acceptors (Lipinski definition) is 3. The molecule has 0 radical (unpaired) electrons. The topological polar surface area (TPSA) is 29.9 Å². The van der Waals surface area contributed by atoms with Gasteiger partial charge in [-0.25, -0.2) is 0 Å². The number of aromatic nitrogens is 2. The zero-order chi connectivity index (χ0) is 10.9. The maximum Gasteiger partial charge on any atom is 0.0522 e. The predicted octanol–water partition coefficient (Wildman–Crippen LogP) is 2.14. The van der Waals surface area contributed by atoms with Crippen LogP contribution in [0, 0.1) is 0 Å². The molecule has 0 bridgehead atoms. The molecule has 86 valence electrons. The molecule has 0 amide bonds. The molecule has 1 rings (SSSR count). The summed E-state index contributed by atoms with van der Waals surface area (Å²) >= 11 is 1.90. The van der Waals surface area contributed by atoms with Gasteiger partial charge in [0.1, 0.15) is 0 Å². The van der Waals surface area contributed by atoms with E-state index in [4.69, 9.17) is 0 Å². The van der Waals surface area contributed by atoms with Gasteiger partial charge in [-0.3, -0.25) is 4.68 Å². The molecule has 1 heterocycles. The molecule has 4 heteroatoms. The molecule has 1 aromatic heterocycles. The zero-order valence-corrected chi connectivity index (χ0v) is 10.5. The fourth-order valence-electron chi connectivity index (χ4n) is 1.48. The third kappa shape index (κ3) is 4.71. The third-order valence-corrected chi connectivity index (χ3v) is 2.94. The monoisotopic (exact) mass is 227 g/mol. The molecule has 0 aliphatic carbocycles. The smallest absolute Gasteiger partial charge is 0.0522 e. The molecule has 1 N–H and O–H groups in total. The Hall–Kier alpha value is -0.480. The van der Waals surface area contributed by atoms with Crippen molar-refractivity contribution in [2.45, 2.75) is 32.9 Å². The van der Waals surface area contributed by atoms with E-state index in [9.17, 15) is 0 Å². The Kier molecular flexibility index (Phi) is 6.52. The summed E-state index contributed by atoms with van der Waals surface area (Å²) in [4.78, 5) is 0. The molecule has 1 aromatic rings. The second kappa shape index (κ2) is 7.77. The second-order valence-electron chi connectivity index (χ2n) is 3.57. The highest BCUT2D eigenvalue weighted by Crippen LogP contribution is 2.00. The normalized spacial score (nSPS) is 10.8. The first-order chi connectivity index (χ1) is 7.38. The van der Waals surface area contributed by atoms with E-state index >= 15 is 0 Å². The molecule has 0 saturated heterocycles. The van der Waals surface area contributed by atoms with Crippen LogP contribution in [0.1, 0.15) is 25.5 Å². The first-order valence-electron chi connectivity index (χ1n) is 5.58. The summed E-state index contributed by atoms with van der Waals surface area (Å²) in [6.45, 7) is 5.23. The molecule has 0 aliphatic rings. The lowest BCUT2D eigenvalue weighted by Gasteiger charge is -2.07. The summed E-state index contributed by atoms with van der Waals surface area (Å²) in [7, 11) is 0. The minimum atomic E-state index is 0.939. The number of nitrogens with zero attached hydrogens (tertiary/aromatic N) is 2. The molecule has 15 heavy (non-hydrogen) atoms. The van der Waals surface area contributed by atoms with Crippen LogP contribution < -0.4 is 5.32 Å². The van der Waals surface area contributed by atoms with E-state index < -0.39 is 0 Å². The molecule has 0 atom stereocenters. The van der Waals surface area contributed by atoms with Crippen LogP contribution >= 0.6 is 11.8 Å². The average Bonchev–Trinajstić information content (AvgIpc) is 2.66. The first-order valence-corrected chi connectivity index (χ1v) is 6.98. The van der Waals surface area contributed by atoms with E-state index in [1.54, 1.807) is 0 Å². The highest BCUT2D eigenvalue weighted by Gasteiger charge is 1.99. The van der Waals surface area contributed by atoms with E-state index in [1.807, 2.05) is 18.0 Å². The van der Waals surface area contributed by atoms with E-state index in [0.717, 1.165) is 26.1 Å². The van der Waals surface area contributed by atoms with Crippen molar-refractivity contribution >= 4 is 11.8 Å². The Morgan fingerprint density at radius 1 is 1.53 bits per heavy atom.